The van der Waals surface area contributed by atoms with Crippen LogP contribution in [0.5, 0.6) is 0 Å². The molecule has 21 heteroatoms. The molecule has 21 nitrogen and oxygen atoms in total. The largest absolute Gasteiger partial charge is 0.394 e. The highest BCUT2D eigenvalue weighted by Crippen LogP contribution is 2.34. The summed E-state index contributed by atoms with van der Waals surface area (Å²) < 4.78 is 45.0. The molecule has 0 aliphatic carbocycles. The summed E-state index contributed by atoms with van der Waals surface area (Å²) in [5.41, 5.74) is 0.973. The Bertz CT molecular complexity index is 1540. The lowest BCUT2D eigenvalue weighted by atomic mass is 9.95. The molecule has 0 bridgehead atoms. The van der Waals surface area contributed by atoms with Crippen LogP contribution in [0.3, 0.4) is 0 Å². The molecule has 6 rings (SSSR count). The maximum atomic E-state index is 11.1. The Hall–Kier alpha value is -2.14. The predicted molar refractivity (Wildman–Crippen MR) is 185 cm³/mol. The molecule has 0 saturated carbocycles. The lowest BCUT2D eigenvalue weighted by Gasteiger charge is -2.49. The van der Waals surface area contributed by atoms with Gasteiger partial charge < -0.3 is 104 Å². The molecule has 4 aliphatic heterocycles. The summed E-state index contributed by atoms with van der Waals surface area (Å²) in [4.78, 5) is 0. The molecule has 4 fully saturated rings. The number of hydrogen-bond acceptors (Lipinski definition) is 21. The highest BCUT2D eigenvalue weighted by molar-refractivity contribution is 5.85. The average Bonchev–Trinajstić information content (AvgIpc) is 3.22. The van der Waals surface area contributed by atoms with Crippen molar-refractivity contribution in [3.8, 4) is 0 Å². The van der Waals surface area contributed by atoms with Gasteiger partial charge in [0.2, 0.25) is 0 Å². The Morgan fingerprint density at radius 2 is 0.825 bits per heavy atom. The van der Waals surface area contributed by atoms with Gasteiger partial charge in [0.25, 0.3) is 0 Å². The van der Waals surface area contributed by atoms with Gasteiger partial charge in [-0.3, -0.25) is 0 Å². The van der Waals surface area contributed by atoms with E-state index in [1.165, 1.54) is 0 Å². The van der Waals surface area contributed by atoms with Crippen molar-refractivity contribution in [2.75, 3.05) is 33.0 Å². The van der Waals surface area contributed by atoms with Gasteiger partial charge in [-0.2, -0.15) is 0 Å². The second-order valence-electron chi connectivity index (χ2n) is 14.4. The van der Waals surface area contributed by atoms with E-state index in [2.05, 4.69) is 0 Å². The molecule has 0 spiro atoms. The molecule has 0 radical (unpaired) electrons. The summed E-state index contributed by atoms with van der Waals surface area (Å²) in [5, 5.41) is 138. The third-order valence-corrected chi connectivity index (χ3v) is 10.7. The molecule has 0 unspecified atom stereocenters. The number of fused-ring (bicyclic) bond motifs is 1. The van der Waals surface area contributed by atoms with Crippen molar-refractivity contribution in [2.24, 2.45) is 0 Å². The first-order valence-corrected chi connectivity index (χ1v) is 18.6. The summed E-state index contributed by atoms with van der Waals surface area (Å²) in [7, 11) is 0. The van der Waals surface area contributed by atoms with Crippen molar-refractivity contribution in [3.05, 3.63) is 48.0 Å². The Morgan fingerprint density at radius 3 is 1.32 bits per heavy atom. The molecule has 20 atom stereocenters. The number of benzene rings is 2. The van der Waals surface area contributed by atoms with E-state index >= 15 is 0 Å². The summed E-state index contributed by atoms with van der Waals surface area (Å²) in [6.07, 6.45) is -34.0. The smallest absolute Gasteiger partial charge is 0.187 e. The molecule has 2 aromatic rings. The Morgan fingerprint density at radius 1 is 0.421 bits per heavy atom. The maximum absolute atomic E-state index is 11.1. The molecule has 4 saturated heterocycles. The fourth-order valence-corrected chi connectivity index (χ4v) is 7.46. The van der Waals surface area contributed by atoms with Gasteiger partial charge in [0, 0.05) is 0 Å². The van der Waals surface area contributed by atoms with Crippen molar-refractivity contribution in [3.63, 3.8) is 0 Å². The van der Waals surface area contributed by atoms with Gasteiger partial charge in [0.1, 0.15) is 97.7 Å². The molecular formula is C36H52O21. The lowest BCUT2D eigenvalue weighted by molar-refractivity contribution is -0.388. The van der Waals surface area contributed by atoms with Crippen LogP contribution in [0.15, 0.2) is 42.5 Å². The maximum Gasteiger partial charge on any atom is 0.187 e. The summed E-state index contributed by atoms with van der Waals surface area (Å²) in [5.74, 6) is 0. The number of rotatable bonds is 14. The van der Waals surface area contributed by atoms with Gasteiger partial charge in [-0.05, 0) is 22.8 Å². The molecule has 4 heterocycles. The first-order valence-electron chi connectivity index (χ1n) is 18.6. The molecule has 322 valence electrons. The molecule has 57 heavy (non-hydrogen) atoms. The number of hydrogen-bond donors (Lipinski definition) is 13. The molecule has 0 aromatic heterocycles. The van der Waals surface area contributed by atoms with Crippen molar-refractivity contribution in [1.82, 2.24) is 0 Å². The van der Waals surface area contributed by atoms with Crippen LogP contribution in [0.2, 0.25) is 0 Å². The molecule has 4 aliphatic rings. The highest BCUT2D eigenvalue weighted by Gasteiger charge is 2.55. The molecule has 2 aromatic carbocycles. The van der Waals surface area contributed by atoms with E-state index in [0.717, 1.165) is 16.3 Å². The van der Waals surface area contributed by atoms with E-state index in [9.17, 15) is 66.4 Å². The molecule has 0 amide bonds. The normalized spacial score (nSPS) is 44.3. The van der Waals surface area contributed by atoms with Crippen molar-refractivity contribution >= 4 is 10.8 Å². The van der Waals surface area contributed by atoms with Gasteiger partial charge in [-0.25, -0.2) is 0 Å². The summed E-state index contributed by atoms with van der Waals surface area (Å²) >= 11 is 0. The van der Waals surface area contributed by atoms with Crippen LogP contribution in [0, 0.1) is 0 Å². The van der Waals surface area contributed by atoms with Crippen LogP contribution < -0.4 is 0 Å². The fourth-order valence-electron chi connectivity index (χ4n) is 7.46. The lowest BCUT2D eigenvalue weighted by Crippen LogP contribution is -2.67. The summed E-state index contributed by atoms with van der Waals surface area (Å²) in [6, 6.07) is 13.6. The van der Waals surface area contributed by atoms with Crippen molar-refractivity contribution in [2.45, 2.75) is 129 Å². The van der Waals surface area contributed by atoms with Crippen LogP contribution in [0.25, 0.3) is 10.8 Å². The van der Waals surface area contributed by atoms with E-state index < -0.39 is 149 Å². The van der Waals surface area contributed by atoms with Crippen molar-refractivity contribution < 1.29 is 104 Å². The van der Waals surface area contributed by atoms with E-state index in [1.807, 2.05) is 42.5 Å². The highest BCUT2D eigenvalue weighted by atomic mass is 16.8. The average molecular weight is 821 g/mol. The standard InChI is InChI=1S/C36H52O21/c37-10-17-21(41)22(42)26(46)34(51-17)55-31-19(12-39)53-36(28(48)24(31)44)57-32-20(13-40)54-35(29(49)25(32)45)56-30-18(11-38)52-33(27(47)23(30)43)50-9-8-15-6-3-5-14-4-1-2-7-16(14)15/h1-7,17-49H,8-13H2/t17-,18-,19-,20-,21-,22+,23-,24-,25-,26-,27-,28-,29-,30-,31-,32-,33-,34+,35+,36+/m1/s1. The van der Waals surface area contributed by atoms with Gasteiger partial charge in [0.05, 0.1) is 33.0 Å². The number of aliphatic hydroxyl groups is 13. The minimum absolute atomic E-state index is 0.0732. The minimum Gasteiger partial charge on any atom is -0.394 e. The topological polar surface area (TPSA) is 337 Å². The zero-order valence-corrected chi connectivity index (χ0v) is 30.4. The van der Waals surface area contributed by atoms with Crippen LogP contribution >= 0.6 is 0 Å². The van der Waals surface area contributed by atoms with Crippen LogP contribution in [0.4, 0.5) is 0 Å². The van der Waals surface area contributed by atoms with Gasteiger partial charge >= 0.3 is 0 Å². The zero-order chi connectivity index (χ0) is 41.1. The third kappa shape index (κ3) is 9.29. The van der Waals surface area contributed by atoms with E-state index in [0.29, 0.717) is 6.42 Å². The summed E-state index contributed by atoms with van der Waals surface area (Å²) in [6.45, 7) is -3.24. The first kappa shape index (κ1) is 44.4. The van der Waals surface area contributed by atoms with E-state index in [-0.39, 0.29) is 6.61 Å². The van der Waals surface area contributed by atoms with Crippen LogP contribution in [0.1, 0.15) is 5.56 Å². The zero-order valence-electron chi connectivity index (χ0n) is 30.4. The Labute approximate surface area is 325 Å². The predicted octanol–water partition coefficient (Wildman–Crippen LogP) is -6.33. The Balaban J connectivity index is 1.06. The monoisotopic (exact) mass is 820 g/mol. The first-order chi connectivity index (χ1) is 27.3. The van der Waals surface area contributed by atoms with Crippen LogP contribution in [-0.4, -0.2) is 222 Å². The van der Waals surface area contributed by atoms with Gasteiger partial charge in [0.15, 0.2) is 25.2 Å². The Kier molecular flexibility index (Phi) is 15.2. The van der Waals surface area contributed by atoms with E-state index in [1.54, 1.807) is 0 Å². The van der Waals surface area contributed by atoms with Gasteiger partial charge in [-0.1, -0.05) is 42.5 Å². The van der Waals surface area contributed by atoms with Crippen molar-refractivity contribution in [1.29, 1.82) is 0 Å². The second-order valence-corrected chi connectivity index (χ2v) is 14.4. The van der Waals surface area contributed by atoms with Gasteiger partial charge in [-0.15, -0.1) is 0 Å². The number of aliphatic hydroxyl groups excluding tert-OH is 13. The number of ether oxygens (including phenoxy) is 8. The SMILES string of the molecule is OC[C@H]1O[C@@H](O[C@H]2[C@H](O)[C@@H](O)[C@H](O[C@H]3[C@H](O)[C@@H](O)[C@H](O[C@H]4[C@H](O)[C@@H](O)[C@H](OCCc5cccc6ccccc56)O[C@@H]4CO)O[C@@H]3CO)O[C@@H]2CO)[C@H](O)[C@@H](O)[C@@H]1O. The molecule has 13 N–H and O–H groups in total. The molecular weight excluding hydrogens is 768 g/mol. The van der Waals surface area contributed by atoms with Crippen LogP contribution in [-0.2, 0) is 44.3 Å². The minimum atomic E-state index is -2.02. The second kappa shape index (κ2) is 19.5. The quantitative estimate of drug-likeness (QED) is 0.0843. The van der Waals surface area contributed by atoms with E-state index in [4.69, 9.17) is 37.9 Å². The third-order valence-electron chi connectivity index (χ3n) is 10.7. The fraction of sp³-hybridized carbons (Fsp3) is 0.722.